The molecule has 4 nitrogen and oxygen atoms in total. The van der Waals surface area contributed by atoms with Gasteiger partial charge in [-0.3, -0.25) is 0 Å². The molecule has 1 aliphatic carbocycles. The average Bonchev–Trinajstić information content (AvgIpc) is 2.55. The van der Waals surface area contributed by atoms with Crippen LogP contribution in [0, 0.1) is 5.41 Å². The van der Waals surface area contributed by atoms with Crippen LogP contribution in [0.15, 0.2) is 4.99 Å². The minimum atomic E-state index is 0.0865. The second-order valence-electron chi connectivity index (χ2n) is 5.65. The van der Waals surface area contributed by atoms with Gasteiger partial charge >= 0.3 is 0 Å². The van der Waals surface area contributed by atoms with Gasteiger partial charge in [-0.2, -0.15) is 4.99 Å². The van der Waals surface area contributed by atoms with E-state index in [1.165, 1.54) is 23.4 Å². The second-order valence-corrected chi connectivity index (χ2v) is 6.71. The van der Waals surface area contributed by atoms with Crippen molar-refractivity contribution in [1.82, 2.24) is 4.98 Å². The molecule has 0 fully saturated rings. The summed E-state index contributed by atoms with van der Waals surface area (Å²) in [6.45, 7) is 6.81. The monoisotopic (exact) mass is 252 g/mol. The van der Waals surface area contributed by atoms with Crippen LogP contribution in [0.3, 0.4) is 0 Å². The molecule has 1 atom stereocenters. The highest BCUT2D eigenvalue weighted by molar-refractivity contribution is 7.15. The van der Waals surface area contributed by atoms with Crippen molar-refractivity contribution < 1.29 is 0 Å². The van der Waals surface area contributed by atoms with Crippen molar-refractivity contribution in [2.24, 2.45) is 21.9 Å². The first-order chi connectivity index (χ1) is 7.88. The van der Waals surface area contributed by atoms with Crippen LogP contribution in [0.25, 0.3) is 0 Å². The zero-order valence-electron chi connectivity index (χ0n) is 10.7. The summed E-state index contributed by atoms with van der Waals surface area (Å²) in [5.74, 6) is 0.605. The molecule has 0 saturated heterocycles. The maximum absolute atomic E-state index is 5.40. The van der Waals surface area contributed by atoms with Crippen LogP contribution in [-0.4, -0.2) is 10.9 Å². The van der Waals surface area contributed by atoms with Gasteiger partial charge in [0.15, 0.2) is 5.96 Å². The van der Waals surface area contributed by atoms with Gasteiger partial charge in [0, 0.05) is 10.8 Å². The van der Waals surface area contributed by atoms with E-state index in [4.69, 9.17) is 11.5 Å². The summed E-state index contributed by atoms with van der Waals surface area (Å²) in [5, 5.41) is 0.700. The zero-order valence-corrected chi connectivity index (χ0v) is 11.5. The summed E-state index contributed by atoms with van der Waals surface area (Å²) in [5.41, 5.74) is 12.3. The Hall–Kier alpha value is -1.10. The molecule has 1 aliphatic rings. The van der Waals surface area contributed by atoms with Crippen molar-refractivity contribution in [2.45, 2.75) is 46.0 Å². The number of aryl methyl sites for hydroxylation is 1. The largest absolute Gasteiger partial charge is 0.370 e. The van der Waals surface area contributed by atoms with Gasteiger partial charge in [-0.05, 0) is 24.7 Å². The molecule has 0 radical (unpaired) electrons. The first kappa shape index (κ1) is 12.4. The van der Waals surface area contributed by atoms with E-state index < -0.39 is 0 Å². The van der Waals surface area contributed by atoms with Crippen LogP contribution >= 0.6 is 11.3 Å². The molecule has 17 heavy (non-hydrogen) atoms. The molecule has 5 heteroatoms. The average molecular weight is 252 g/mol. The molecule has 4 N–H and O–H groups in total. The minimum Gasteiger partial charge on any atom is -0.370 e. The smallest absolute Gasteiger partial charge is 0.212 e. The number of guanidine groups is 1. The van der Waals surface area contributed by atoms with Crippen molar-refractivity contribution in [3.05, 3.63) is 10.6 Å². The van der Waals surface area contributed by atoms with Gasteiger partial charge in [0.1, 0.15) is 0 Å². The second kappa shape index (κ2) is 4.29. The van der Waals surface area contributed by atoms with E-state index >= 15 is 0 Å². The predicted molar refractivity (Wildman–Crippen MR) is 72.7 cm³/mol. The Bertz CT molecular complexity index is 438. The van der Waals surface area contributed by atoms with Crippen LogP contribution in [0.2, 0.25) is 0 Å². The first-order valence-corrected chi connectivity index (χ1v) is 6.79. The van der Waals surface area contributed by atoms with E-state index in [1.54, 1.807) is 11.3 Å². The van der Waals surface area contributed by atoms with Gasteiger partial charge in [0.05, 0.1) is 5.69 Å². The molecule has 1 aromatic rings. The molecule has 0 unspecified atom stereocenters. The van der Waals surface area contributed by atoms with E-state index in [2.05, 4.69) is 30.7 Å². The van der Waals surface area contributed by atoms with Crippen LogP contribution < -0.4 is 11.5 Å². The fraction of sp³-hybridized carbons (Fsp3) is 0.667. The molecule has 0 amide bonds. The zero-order chi connectivity index (χ0) is 12.6. The lowest BCUT2D eigenvalue weighted by molar-refractivity contribution is 0.286. The third kappa shape index (κ3) is 2.60. The normalized spacial score (nSPS) is 19.8. The lowest BCUT2D eigenvalue weighted by Crippen LogP contribution is -2.23. The van der Waals surface area contributed by atoms with E-state index in [-0.39, 0.29) is 11.4 Å². The molecule has 0 bridgehead atoms. The van der Waals surface area contributed by atoms with Crippen LogP contribution in [0.5, 0.6) is 0 Å². The number of fused-ring (bicyclic) bond motifs is 1. The maximum atomic E-state index is 5.40. The molecule has 0 spiro atoms. The number of hydrogen-bond donors (Lipinski definition) is 2. The third-order valence-electron chi connectivity index (χ3n) is 3.21. The molecule has 2 rings (SSSR count). The fourth-order valence-corrected chi connectivity index (χ4v) is 3.46. The Morgan fingerprint density at radius 2 is 2.12 bits per heavy atom. The van der Waals surface area contributed by atoms with Gasteiger partial charge in [-0.1, -0.05) is 32.1 Å². The summed E-state index contributed by atoms with van der Waals surface area (Å²) in [6, 6.07) is 0. The Balaban J connectivity index is 2.38. The molecular formula is C12H20N4S. The SMILES string of the molecule is CC(C)(C)[C@H]1CCCc2sc(N=C(N)N)nc21. The maximum Gasteiger partial charge on any atom is 0.212 e. The Kier molecular flexibility index (Phi) is 3.12. The molecular weight excluding hydrogens is 232 g/mol. The lowest BCUT2D eigenvalue weighted by Gasteiger charge is -2.32. The Morgan fingerprint density at radius 3 is 2.71 bits per heavy atom. The summed E-state index contributed by atoms with van der Waals surface area (Å²) in [4.78, 5) is 10.0. The number of aromatic nitrogens is 1. The van der Waals surface area contributed by atoms with Crippen LogP contribution in [-0.2, 0) is 6.42 Å². The number of aliphatic imine (C=N–C) groups is 1. The number of nitrogens with two attached hydrogens (primary N) is 2. The Morgan fingerprint density at radius 1 is 1.41 bits per heavy atom. The third-order valence-corrected chi connectivity index (χ3v) is 4.24. The minimum absolute atomic E-state index is 0.0865. The molecule has 94 valence electrons. The van der Waals surface area contributed by atoms with Crippen LogP contribution in [0.4, 0.5) is 5.13 Å². The molecule has 0 saturated carbocycles. The highest BCUT2D eigenvalue weighted by Crippen LogP contribution is 2.45. The molecule has 0 aromatic carbocycles. The van der Waals surface area contributed by atoms with Gasteiger partial charge in [-0.25, -0.2) is 4.98 Å². The summed E-state index contributed by atoms with van der Waals surface area (Å²) >= 11 is 1.62. The van der Waals surface area contributed by atoms with Gasteiger partial charge in [0.25, 0.3) is 0 Å². The summed E-state index contributed by atoms with van der Waals surface area (Å²) < 4.78 is 0. The predicted octanol–water partition coefficient (Wildman–Crippen LogP) is 2.51. The fourth-order valence-electron chi connectivity index (χ4n) is 2.41. The number of hydrogen-bond acceptors (Lipinski definition) is 3. The van der Waals surface area contributed by atoms with E-state index in [0.717, 1.165) is 6.42 Å². The van der Waals surface area contributed by atoms with Gasteiger partial charge in [0.2, 0.25) is 5.13 Å². The number of rotatable bonds is 1. The topological polar surface area (TPSA) is 77.3 Å². The van der Waals surface area contributed by atoms with Crippen molar-refractivity contribution in [3.63, 3.8) is 0 Å². The summed E-state index contributed by atoms with van der Waals surface area (Å²) in [6.07, 6.45) is 3.56. The van der Waals surface area contributed by atoms with Crippen molar-refractivity contribution in [3.8, 4) is 0 Å². The number of thiazole rings is 1. The van der Waals surface area contributed by atoms with Gasteiger partial charge in [-0.15, -0.1) is 0 Å². The van der Waals surface area contributed by atoms with E-state index in [1.807, 2.05) is 0 Å². The molecule has 0 aliphatic heterocycles. The Labute approximate surface area is 106 Å². The summed E-state index contributed by atoms with van der Waals surface area (Å²) in [7, 11) is 0. The van der Waals surface area contributed by atoms with E-state index in [9.17, 15) is 0 Å². The highest BCUT2D eigenvalue weighted by atomic mass is 32.1. The van der Waals surface area contributed by atoms with Gasteiger partial charge < -0.3 is 11.5 Å². The van der Waals surface area contributed by atoms with Crippen molar-refractivity contribution >= 4 is 22.4 Å². The van der Waals surface area contributed by atoms with Crippen LogP contribution in [0.1, 0.15) is 50.1 Å². The molecule has 1 aromatic heterocycles. The standard InChI is InChI=1S/C12H20N4S/c1-12(2,3)7-5-4-6-8-9(7)15-11(17-8)16-10(13)14/h7H,4-6H2,1-3H3,(H4,13,14,15,16)/t7-/m0/s1. The highest BCUT2D eigenvalue weighted by Gasteiger charge is 2.33. The van der Waals surface area contributed by atoms with Crippen molar-refractivity contribution in [2.75, 3.05) is 0 Å². The van der Waals surface area contributed by atoms with E-state index in [0.29, 0.717) is 11.0 Å². The lowest BCUT2D eigenvalue weighted by atomic mass is 9.73. The quantitative estimate of drug-likeness (QED) is 0.595. The molecule has 1 heterocycles. The first-order valence-electron chi connectivity index (χ1n) is 5.97. The van der Waals surface area contributed by atoms with Crippen molar-refractivity contribution in [1.29, 1.82) is 0 Å². The number of nitrogens with zero attached hydrogens (tertiary/aromatic N) is 2.